The lowest BCUT2D eigenvalue weighted by Gasteiger charge is -2.14. The van der Waals surface area contributed by atoms with Crippen molar-refractivity contribution in [1.29, 1.82) is 0 Å². The van der Waals surface area contributed by atoms with Gasteiger partial charge in [-0.25, -0.2) is 4.90 Å². The van der Waals surface area contributed by atoms with Crippen LogP contribution in [0.3, 0.4) is 0 Å². The fourth-order valence-electron chi connectivity index (χ4n) is 1.82. The van der Waals surface area contributed by atoms with Gasteiger partial charge in [0.15, 0.2) is 0 Å². The van der Waals surface area contributed by atoms with Gasteiger partial charge >= 0.3 is 0 Å². The number of imide groups is 1. The Bertz CT molecular complexity index is 457. The van der Waals surface area contributed by atoms with E-state index in [1.54, 1.807) is 19.2 Å². The van der Waals surface area contributed by atoms with E-state index in [1.165, 1.54) is 0 Å². The molecule has 0 bridgehead atoms. The highest BCUT2D eigenvalue weighted by atomic mass is 16.3. The molecule has 0 aliphatic carbocycles. The maximum atomic E-state index is 11.6. The van der Waals surface area contributed by atoms with Gasteiger partial charge in [0.2, 0.25) is 5.91 Å². The number of hydrogen-bond acceptors (Lipinski definition) is 4. The van der Waals surface area contributed by atoms with Crippen molar-refractivity contribution in [3.05, 3.63) is 23.8 Å². The first-order valence-electron chi connectivity index (χ1n) is 4.94. The lowest BCUT2D eigenvalue weighted by molar-refractivity contribution is -0.127. The Labute approximate surface area is 92.7 Å². The summed E-state index contributed by atoms with van der Waals surface area (Å²) in [5, 5.41) is 11.7. The van der Waals surface area contributed by atoms with E-state index in [1.807, 2.05) is 6.07 Å². The lowest BCUT2D eigenvalue weighted by Crippen LogP contribution is -2.35. The van der Waals surface area contributed by atoms with Crippen LogP contribution in [0.2, 0.25) is 0 Å². The van der Waals surface area contributed by atoms with Crippen molar-refractivity contribution in [2.24, 2.45) is 0 Å². The molecule has 5 heteroatoms. The summed E-state index contributed by atoms with van der Waals surface area (Å²) in [7, 11) is 1.79. The van der Waals surface area contributed by atoms with Crippen LogP contribution in [0.5, 0.6) is 0 Å². The molecule has 0 saturated carbocycles. The van der Waals surface area contributed by atoms with Gasteiger partial charge in [-0.3, -0.25) is 9.59 Å². The second kappa shape index (κ2) is 3.94. The highest BCUT2D eigenvalue weighted by Gasteiger charge is 2.31. The third-order valence-corrected chi connectivity index (χ3v) is 2.58. The molecule has 2 rings (SSSR count). The number of benzene rings is 1. The summed E-state index contributed by atoms with van der Waals surface area (Å²) in [6.07, 6.45) is 0.205. The zero-order chi connectivity index (χ0) is 11.7. The molecule has 1 aliphatic heterocycles. The average Bonchev–Trinajstić information content (AvgIpc) is 2.62. The molecule has 0 atom stereocenters. The van der Waals surface area contributed by atoms with Crippen molar-refractivity contribution >= 4 is 23.2 Å². The van der Waals surface area contributed by atoms with Crippen molar-refractivity contribution in [2.75, 3.05) is 23.9 Å². The van der Waals surface area contributed by atoms with E-state index in [2.05, 4.69) is 5.32 Å². The standard InChI is InChI=1S/C11H12N2O3/c1-12-8-2-3-9-7(4-8)5-10(15)13(9)11(16)6-14/h2-4,12,14H,5-6H2,1H3. The molecule has 16 heavy (non-hydrogen) atoms. The summed E-state index contributed by atoms with van der Waals surface area (Å²) in [5.74, 6) is -0.872. The molecular formula is C11H12N2O3. The molecule has 1 heterocycles. The second-order valence-corrected chi connectivity index (χ2v) is 3.55. The number of fused-ring (bicyclic) bond motifs is 1. The molecule has 5 nitrogen and oxygen atoms in total. The summed E-state index contributed by atoms with van der Waals surface area (Å²) >= 11 is 0. The first-order chi connectivity index (χ1) is 7.67. The van der Waals surface area contributed by atoms with Crippen LogP contribution < -0.4 is 10.2 Å². The molecule has 0 radical (unpaired) electrons. The third kappa shape index (κ3) is 1.55. The zero-order valence-electron chi connectivity index (χ0n) is 8.86. The van der Waals surface area contributed by atoms with Gasteiger partial charge in [0.1, 0.15) is 6.61 Å². The topological polar surface area (TPSA) is 69.6 Å². The van der Waals surface area contributed by atoms with Crippen LogP contribution in [-0.4, -0.2) is 30.6 Å². The van der Waals surface area contributed by atoms with Crippen molar-refractivity contribution in [3.8, 4) is 0 Å². The Morgan fingerprint density at radius 1 is 1.56 bits per heavy atom. The Balaban J connectivity index is 2.42. The molecule has 84 valence electrons. The highest BCUT2D eigenvalue weighted by Crippen LogP contribution is 2.31. The smallest absolute Gasteiger partial charge is 0.259 e. The minimum absolute atomic E-state index is 0.205. The first-order valence-corrected chi connectivity index (χ1v) is 4.94. The Morgan fingerprint density at radius 2 is 2.31 bits per heavy atom. The van der Waals surface area contributed by atoms with Gasteiger partial charge in [0, 0.05) is 12.7 Å². The predicted molar refractivity (Wildman–Crippen MR) is 59.3 cm³/mol. The summed E-state index contributed by atoms with van der Waals surface area (Å²) in [6, 6.07) is 5.33. The maximum Gasteiger partial charge on any atom is 0.259 e. The van der Waals surface area contributed by atoms with Crippen molar-refractivity contribution in [1.82, 2.24) is 0 Å². The number of nitrogens with one attached hydrogen (secondary N) is 1. The second-order valence-electron chi connectivity index (χ2n) is 3.55. The zero-order valence-corrected chi connectivity index (χ0v) is 8.86. The van der Waals surface area contributed by atoms with Crippen molar-refractivity contribution in [3.63, 3.8) is 0 Å². The fourth-order valence-corrected chi connectivity index (χ4v) is 1.82. The summed E-state index contributed by atoms with van der Waals surface area (Å²) in [6.45, 7) is -0.654. The van der Waals surface area contributed by atoms with Gasteiger partial charge in [-0.1, -0.05) is 0 Å². The molecule has 0 fully saturated rings. The van der Waals surface area contributed by atoms with E-state index < -0.39 is 12.5 Å². The molecule has 1 aliphatic rings. The quantitative estimate of drug-likeness (QED) is 0.743. The Hall–Kier alpha value is -1.88. The molecule has 1 aromatic rings. The molecule has 0 spiro atoms. The Kier molecular flexibility index (Phi) is 2.62. The molecule has 1 aromatic carbocycles. The number of carbonyl (C=O) groups is 2. The normalized spacial score (nSPS) is 13.9. The van der Waals surface area contributed by atoms with Gasteiger partial charge in [-0.15, -0.1) is 0 Å². The number of carbonyl (C=O) groups excluding carboxylic acids is 2. The van der Waals surface area contributed by atoms with Crippen molar-refractivity contribution in [2.45, 2.75) is 6.42 Å². The number of amides is 2. The van der Waals surface area contributed by atoms with E-state index in [-0.39, 0.29) is 12.3 Å². The van der Waals surface area contributed by atoms with E-state index >= 15 is 0 Å². The summed E-state index contributed by atoms with van der Waals surface area (Å²) in [5.41, 5.74) is 2.27. The van der Waals surface area contributed by atoms with E-state index in [4.69, 9.17) is 5.11 Å². The molecule has 0 unspecified atom stereocenters. The third-order valence-electron chi connectivity index (χ3n) is 2.58. The monoisotopic (exact) mass is 220 g/mol. The van der Waals surface area contributed by atoms with E-state index in [0.29, 0.717) is 5.69 Å². The number of rotatable bonds is 2. The number of hydrogen-bond donors (Lipinski definition) is 2. The van der Waals surface area contributed by atoms with Crippen LogP contribution in [0.15, 0.2) is 18.2 Å². The summed E-state index contributed by atoms with van der Waals surface area (Å²) in [4.78, 5) is 24.0. The summed E-state index contributed by atoms with van der Waals surface area (Å²) < 4.78 is 0. The van der Waals surface area contributed by atoms with Crippen LogP contribution >= 0.6 is 0 Å². The van der Waals surface area contributed by atoms with Crippen LogP contribution in [0.25, 0.3) is 0 Å². The highest BCUT2D eigenvalue weighted by molar-refractivity contribution is 6.19. The van der Waals surface area contributed by atoms with Gasteiger partial charge < -0.3 is 10.4 Å². The van der Waals surface area contributed by atoms with Gasteiger partial charge in [0.05, 0.1) is 12.1 Å². The predicted octanol–water partition coefficient (Wildman–Crippen LogP) is 0.136. The van der Waals surface area contributed by atoms with Crippen molar-refractivity contribution < 1.29 is 14.7 Å². The van der Waals surface area contributed by atoms with E-state index in [0.717, 1.165) is 16.2 Å². The molecule has 2 N–H and O–H groups in total. The lowest BCUT2D eigenvalue weighted by atomic mass is 10.1. The number of nitrogens with zero attached hydrogens (tertiary/aromatic N) is 1. The number of aliphatic hydroxyl groups excluding tert-OH is 1. The number of aliphatic hydroxyl groups is 1. The minimum atomic E-state index is -0.654. The minimum Gasteiger partial charge on any atom is -0.388 e. The van der Waals surface area contributed by atoms with Gasteiger partial charge in [-0.2, -0.15) is 0 Å². The molecular weight excluding hydrogens is 208 g/mol. The van der Waals surface area contributed by atoms with Gasteiger partial charge in [0.25, 0.3) is 5.91 Å². The van der Waals surface area contributed by atoms with Gasteiger partial charge in [-0.05, 0) is 23.8 Å². The van der Waals surface area contributed by atoms with Crippen LogP contribution in [0.1, 0.15) is 5.56 Å². The maximum absolute atomic E-state index is 11.6. The largest absolute Gasteiger partial charge is 0.388 e. The van der Waals surface area contributed by atoms with Crippen LogP contribution in [-0.2, 0) is 16.0 Å². The average molecular weight is 220 g/mol. The number of anilines is 2. The Morgan fingerprint density at radius 3 is 2.94 bits per heavy atom. The molecule has 0 aromatic heterocycles. The van der Waals surface area contributed by atoms with Crippen LogP contribution in [0, 0.1) is 0 Å². The van der Waals surface area contributed by atoms with Crippen LogP contribution in [0.4, 0.5) is 11.4 Å². The first kappa shape index (κ1) is 10.6. The van der Waals surface area contributed by atoms with E-state index in [9.17, 15) is 9.59 Å². The molecule has 2 amide bonds. The SMILES string of the molecule is CNc1ccc2c(c1)CC(=O)N2C(=O)CO. The molecule has 0 saturated heterocycles. The fraction of sp³-hybridized carbons (Fsp3) is 0.273.